The van der Waals surface area contributed by atoms with Gasteiger partial charge < -0.3 is 10.1 Å². The summed E-state index contributed by atoms with van der Waals surface area (Å²) in [6, 6.07) is 6.24. The molecule has 0 aromatic heterocycles. The van der Waals surface area contributed by atoms with E-state index in [9.17, 15) is 13.2 Å². The molecule has 1 aromatic carbocycles. The Morgan fingerprint density at radius 3 is 2.64 bits per heavy atom. The van der Waals surface area contributed by atoms with Gasteiger partial charge in [-0.1, -0.05) is 6.07 Å². The minimum atomic E-state index is -3.62. The highest BCUT2D eigenvalue weighted by molar-refractivity contribution is 7.89. The molecule has 1 fully saturated rings. The molecule has 1 aromatic rings. The number of amides is 1. The number of carbonyl (C=O) groups excluding carboxylic acids is 1. The minimum absolute atomic E-state index is 0.128. The van der Waals surface area contributed by atoms with Crippen LogP contribution in [0.3, 0.4) is 0 Å². The number of carbonyl (C=O) groups is 1. The monoisotopic (exact) mass is 326 g/mol. The van der Waals surface area contributed by atoms with Crippen molar-refractivity contribution < 1.29 is 17.9 Å². The van der Waals surface area contributed by atoms with Gasteiger partial charge in [0.1, 0.15) is 0 Å². The molecular formula is C15H22N2O4S. The Morgan fingerprint density at radius 1 is 1.32 bits per heavy atom. The Bertz CT molecular complexity index is 644. The minimum Gasteiger partial charge on any atom is -0.381 e. The Hall–Kier alpha value is -1.44. The molecule has 0 unspecified atom stereocenters. The highest BCUT2D eigenvalue weighted by Gasteiger charge is 2.25. The van der Waals surface area contributed by atoms with Gasteiger partial charge >= 0.3 is 0 Å². The Morgan fingerprint density at radius 2 is 2.05 bits per heavy atom. The van der Waals surface area contributed by atoms with Crippen molar-refractivity contribution >= 4 is 21.6 Å². The first-order chi connectivity index (χ1) is 10.2. The molecule has 0 spiro atoms. The highest BCUT2D eigenvalue weighted by Crippen LogP contribution is 2.20. The third-order valence-corrected chi connectivity index (χ3v) is 4.91. The number of anilines is 1. The molecule has 2 rings (SSSR count). The van der Waals surface area contributed by atoms with E-state index in [-0.39, 0.29) is 16.7 Å². The highest BCUT2D eigenvalue weighted by atomic mass is 32.2. The number of benzene rings is 1. The Kier molecular flexibility index (Phi) is 4.89. The van der Waals surface area contributed by atoms with Crippen molar-refractivity contribution in [2.75, 3.05) is 18.5 Å². The van der Waals surface area contributed by atoms with Crippen LogP contribution < -0.4 is 10.0 Å². The Balaban J connectivity index is 2.14. The van der Waals surface area contributed by atoms with Crippen molar-refractivity contribution in [3.63, 3.8) is 0 Å². The molecular weight excluding hydrogens is 304 g/mol. The summed E-state index contributed by atoms with van der Waals surface area (Å²) in [6.07, 6.45) is 0.690. The van der Waals surface area contributed by atoms with E-state index in [0.29, 0.717) is 25.3 Å². The van der Waals surface area contributed by atoms with Crippen LogP contribution in [0.4, 0.5) is 5.69 Å². The fourth-order valence-corrected chi connectivity index (χ4v) is 3.65. The molecule has 0 radical (unpaired) electrons. The van der Waals surface area contributed by atoms with Crippen LogP contribution in [0.15, 0.2) is 29.2 Å². The van der Waals surface area contributed by atoms with Crippen molar-refractivity contribution in [1.29, 1.82) is 0 Å². The molecule has 1 aliphatic rings. The van der Waals surface area contributed by atoms with Crippen molar-refractivity contribution in [3.05, 3.63) is 24.3 Å². The fraction of sp³-hybridized carbons (Fsp3) is 0.533. The molecule has 122 valence electrons. The molecule has 1 heterocycles. The van der Waals surface area contributed by atoms with Crippen LogP contribution in [0.2, 0.25) is 0 Å². The molecule has 0 bridgehead atoms. The van der Waals surface area contributed by atoms with Crippen LogP contribution >= 0.6 is 0 Å². The molecule has 1 aliphatic heterocycles. The van der Waals surface area contributed by atoms with Crippen molar-refractivity contribution in [2.24, 2.45) is 5.92 Å². The molecule has 1 atom stereocenters. The van der Waals surface area contributed by atoms with Crippen molar-refractivity contribution in [2.45, 2.75) is 37.6 Å². The van der Waals surface area contributed by atoms with Crippen LogP contribution in [0.1, 0.15) is 27.2 Å². The molecule has 22 heavy (non-hydrogen) atoms. The van der Waals surface area contributed by atoms with E-state index < -0.39 is 15.6 Å². The van der Waals surface area contributed by atoms with Crippen LogP contribution in [-0.4, -0.2) is 33.1 Å². The fourth-order valence-electron chi connectivity index (χ4n) is 2.19. The van der Waals surface area contributed by atoms with Crippen molar-refractivity contribution in [3.8, 4) is 0 Å². The predicted octanol–water partition coefficient (Wildman–Crippen LogP) is 1.74. The van der Waals surface area contributed by atoms with E-state index in [0.717, 1.165) is 0 Å². The third-order valence-electron chi connectivity index (χ3n) is 3.15. The zero-order valence-corrected chi connectivity index (χ0v) is 13.9. The van der Waals surface area contributed by atoms with Gasteiger partial charge in [-0.25, -0.2) is 13.1 Å². The molecule has 0 aliphatic carbocycles. The van der Waals surface area contributed by atoms with Gasteiger partial charge in [0.2, 0.25) is 15.9 Å². The topological polar surface area (TPSA) is 84.5 Å². The van der Waals surface area contributed by atoms with Crippen LogP contribution in [0.25, 0.3) is 0 Å². The quantitative estimate of drug-likeness (QED) is 0.882. The summed E-state index contributed by atoms with van der Waals surface area (Å²) >= 11 is 0. The maximum Gasteiger partial charge on any atom is 0.241 e. The van der Waals surface area contributed by atoms with Gasteiger partial charge in [0, 0.05) is 17.8 Å². The maximum atomic E-state index is 12.3. The van der Waals surface area contributed by atoms with Gasteiger partial charge in [-0.15, -0.1) is 0 Å². The number of nitrogens with one attached hydrogen (secondary N) is 2. The second-order valence-electron chi connectivity index (χ2n) is 6.43. The first-order valence-electron chi connectivity index (χ1n) is 7.20. The van der Waals surface area contributed by atoms with E-state index in [1.807, 2.05) is 0 Å². The SMILES string of the molecule is CC(C)(C)NS(=O)(=O)c1cccc(NC(=O)[C@@H]2CCOC2)c1. The lowest BCUT2D eigenvalue weighted by Gasteiger charge is -2.20. The van der Waals surface area contributed by atoms with Crippen LogP contribution in [-0.2, 0) is 19.6 Å². The lowest BCUT2D eigenvalue weighted by Crippen LogP contribution is -2.40. The number of rotatable bonds is 4. The third kappa shape index (κ3) is 4.53. The van der Waals surface area contributed by atoms with E-state index in [1.54, 1.807) is 32.9 Å². The van der Waals surface area contributed by atoms with E-state index in [4.69, 9.17) is 4.74 Å². The van der Waals surface area contributed by atoms with Crippen molar-refractivity contribution in [1.82, 2.24) is 4.72 Å². The first-order valence-corrected chi connectivity index (χ1v) is 8.68. The number of hydrogen-bond donors (Lipinski definition) is 2. The summed E-state index contributed by atoms with van der Waals surface area (Å²) in [5, 5.41) is 2.75. The lowest BCUT2D eigenvalue weighted by molar-refractivity contribution is -0.119. The van der Waals surface area contributed by atoms with E-state index in [1.165, 1.54) is 12.1 Å². The number of ether oxygens (including phenoxy) is 1. The van der Waals surface area contributed by atoms with Gasteiger partial charge in [-0.05, 0) is 45.4 Å². The van der Waals surface area contributed by atoms with Gasteiger partial charge in [-0.3, -0.25) is 4.79 Å². The summed E-state index contributed by atoms with van der Waals surface area (Å²) in [6.45, 7) is 6.32. The van der Waals surface area contributed by atoms with Crippen LogP contribution in [0.5, 0.6) is 0 Å². The van der Waals surface area contributed by atoms with Gasteiger partial charge in [0.15, 0.2) is 0 Å². The smallest absolute Gasteiger partial charge is 0.241 e. The average Bonchev–Trinajstić information content (AvgIpc) is 2.90. The zero-order valence-electron chi connectivity index (χ0n) is 13.0. The summed E-state index contributed by atoms with van der Waals surface area (Å²) in [7, 11) is -3.62. The average molecular weight is 326 g/mol. The predicted molar refractivity (Wildman–Crippen MR) is 84.1 cm³/mol. The number of hydrogen-bond acceptors (Lipinski definition) is 4. The number of sulfonamides is 1. The summed E-state index contributed by atoms with van der Waals surface area (Å²) < 4.78 is 32.4. The molecule has 6 nitrogen and oxygen atoms in total. The molecule has 2 N–H and O–H groups in total. The Labute approximate surface area is 131 Å². The second-order valence-corrected chi connectivity index (χ2v) is 8.12. The molecule has 1 amide bonds. The molecule has 0 saturated carbocycles. The summed E-state index contributed by atoms with van der Waals surface area (Å²) in [4.78, 5) is 12.2. The molecule has 1 saturated heterocycles. The van der Waals surface area contributed by atoms with E-state index in [2.05, 4.69) is 10.0 Å². The first kappa shape index (κ1) is 16.9. The second kappa shape index (κ2) is 6.36. The lowest BCUT2D eigenvalue weighted by atomic mass is 10.1. The zero-order chi connectivity index (χ0) is 16.4. The maximum absolute atomic E-state index is 12.3. The largest absolute Gasteiger partial charge is 0.381 e. The van der Waals surface area contributed by atoms with Gasteiger partial charge in [-0.2, -0.15) is 0 Å². The molecule has 7 heteroatoms. The summed E-state index contributed by atoms with van der Waals surface area (Å²) in [5.74, 6) is -0.316. The summed E-state index contributed by atoms with van der Waals surface area (Å²) in [5.41, 5.74) is -0.104. The van der Waals surface area contributed by atoms with Gasteiger partial charge in [0.05, 0.1) is 17.4 Å². The van der Waals surface area contributed by atoms with E-state index >= 15 is 0 Å². The van der Waals surface area contributed by atoms with Crippen LogP contribution in [0, 0.1) is 5.92 Å². The standard InChI is InChI=1S/C15H22N2O4S/c1-15(2,3)17-22(19,20)13-6-4-5-12(9-13)16-14(18)11-7-8-21-10-11/h4-6,9,11,17H,7-8,10H2,1-3H3,(H,16,18)/t11-/m1/s1. The van der Waals surface area contributed by atoms with Gasteiger partial charge in [0.25, 0.3) is 0 Å². The normalized spacial score (nSPS) is 19.1.